The van der Waals surface area contributed by atoms with E-state index in [1.165, 1.54) is 24.5 Å². The molecule has 0 spiro atoms. The van der Waals surface area contributed by atoms with E-state index in [0.29, 0.717) is 29.1 Å². The van der Waals surface area contributed by atoms with Crippen molar-refractivity contribution in [1.82, 2.24) is 25.0 Å². The zero-order valence-electron chi connectivity index (χ0n) is 22.5. The maximum absolute atomic E-state index is 14.9. The van der Waals surface area contributed by atoms with Crippen molar-refractivity contribution in [2.45, 2.75) is 13.3 Å². The van der Waals surface area contributed by atoms with Crippen LogP contribution in [-0.2, 0) is 11.2 Å². The van der Waals surface area contributed by atoms with Gasteiger partial charge in [0.2, 0.25) is 5.82 Å². The molecule has 0 bridgehead atoms. The van der Waals surface area contributed by atoms with Crippen molar-refractivity contribution < 1.29 is 33.0 Å². The fourth-order valence-electron chi connectivity index (χ4n) is 4.14. The number of halogens is 2. The molecule has 0 aliphatic rings. The minimum atomic E-state index is -1.21. The van der Waals surface area contributed by atoms with Crippen molar-refractivity contribution in [3.8, 4) is 23.1 Å². The largest absolute Gasteiger partial charge is 0.476 e. The van der Waals surface area contributed by atoms with Gasteiger partial charge < -0.3 is 30.5 Å². The summed E-state index contributed by atoms with van der Waals surface area (Å²) in [6.45, 7) is 2.33. The zero-order chi connectivity index (χ0) is 30.1. The van der Waals surface area contributed by atoms with Crippen LogP contribution in [0, 0.1) is 23.0 Å². The molecule has 42 heavy (non-hydrogen) atoms. The molecule has 2 amide bonds. The number of amides is 2. The smallest absolute Gasteiger partial charge is 0.404 e. The molecule has 2 aromatic carbocycles. The van der Waals surface area contributed by atoms with Gasteiger partial charge in [0.25, 0.3) is 5.91 Å². The molecule has 2 aromatic heterocycles. The van der Waals surface area contributed by atoms with Crippen molar-refractivity contribution in [3.63, 3.8) is 0 Å². The van der Waals surface area contributed by atoms with Gasteiger partial charge in [-0.05, 0) is 42.3 Å². The summed E-state index contributed by atoms with van der Waals surface area (Å²) in [6.07, 6.45) is 3.89. The summed E-state index contributed by atoms with van der Waals surface area (Å²) in [5.74, 6) is -2.63. The number of carbonyl (C=O) groups excluding carboxylic acids is 1. The lowest BCUT2D eigenvalue weighted by atomic mass is 10.0. The Bertz CT molecular complexity index is 1640. The lowest BCUT2D eigenvalue weighted by Crippen LogP contribution is -2.30. The number of carbonyl (C=O) groups is 2. The van der Waals surface area contributed by atoms with E-state index in [9.17, 15) is 18.4 Å². The van der Waals surface area contributed by atoms with Gasteiger partial charge in [-0.15, -0.1) is 0 Å². The number of carboxylic acid groups (broad SMARTS) is 1. The maximum Gasteiger partial charge on any atom is 0.404 e. The Labute approximate surface area is 238 Å². The fraction of sp³-hybridized carbons (Fsp3) is 0.250. The SMILES string of the molecule is CCc1cc(Nc2nccn3c(-c4ccc(OCC#N)c(F)c4F)cnc23)ccc1C(=O)NCCOCCNC(=O)O. The lowest BCUT2D eigenvalue weighted by Gasteiger charge is -2.13. The van der Waals surface area contributed by atoms with Crippen LogP contribution in [0.1, 0.15) is 22.8 Å². The second-order valence-electron chi connectivity index (χ2n) is 8.75. The highest BCUT2D eigenvalue weighted by molar-refractivity contribution is 5.96. The first-order chi connectivity index (χ1) is 20.3. The van der Waals surface area contributed by atoms with E-state index in [0.717, 1.165) is 5.56 Å². The summed E-state index contributed by atoms with van der Waals surface area (Å²) in [6, 6.07) is 9.52. The molecule has 0 saturated heterocycles. The number of nitriles is 1. The number of ether oxygens (including phenoxy) is 2. The minimum absolute atomic E-state index is 0.0487. The molecule has 0 atom stereocenters. The standard InChI is InChI=1S/C28H27F2N7O5/c1-2-17-15-18(3-4-19(17)27(38)33-9-13-41-14-10-34-28(39)40)36-25-26-35-16-21(37(26)11-8-32-25)20-5-6-22(42-12-7-31)24(30)23(20)29/h3-6,8,11,15-16,34H,2,9-10,12-14H2,1H3,(H,32,36)(H,33,38)(H,39,40). The van der Waals surface area contributed by atoms with Gasteiger partial charge in [-0.1, -0.05) is 6.92 Å². The lowest BCUT2D eigenvalue weighted by molar-refractivity contribution is 0.0916. The van der Waals surface area contributed by atoms with E-state index in [1.54, 1.807) is 28.8 Å². The fourth-order valence-corrected chi connectivity index (χ4v) is 4.14. The van der Waals surface area contributed by atoms with Gasteiger partial charge in [-0.25, -0.2) is 19.2 Å². The Morgan fingerprint density at radius 2 is 1.88 bits per heavy atom. The molecule has 0 saturated carbocycles. The van der Waals surface area contributed by atoms with Gasteiger partial charge in [-0.3, -0.25) is 9.20 Å². The maximum atomic E-state index is 14.9. The molecule has 2 heterocycles. The molecule has 0 unspecified atom stereocenters. The first-order valence-electron chi connectivity index (χ1n) is 12.9. The van der Waals surface area contributed by atoms with Gasteiger partial charge >= 0.3 is 6.09 Å². The van der Waals surface area contributed by atoms with Crippen LogP contribution in [0.5, 0.6) is 5.75 Å². The summed E-state index contributed by atoms with van der Waals surface area (Å²) in [5.41, 5.74) is 2.49. The minimum Gasteiger partial charge on any atom is -0.476 e. The highest BCUT2D eigenvalue weighted by Gasteiger charge is 2.20. The van der Waals surface area contributed by atoms with E-state index >= 15 is 0 Å². The van der Waals surface area contributed by atoms with Crippen LogP contribution in [0.15, 0.2) is 48.9 Å². The first-order valence-corrected chi connectivity index (χ1v) is 12.9. The molecular weight excluding hydrogens is 552 g/mol. The number of aryl methyl sites for hydroxylation is 1. The molecule has 0 aliphatic carbocycles. The summed E-state index contributed by atoms with van der Waals surface area (Å²) in [7, 11) is 0. The number of benzene rings is 2. The summed E-state index contributed by atoms with van der Waals surface area (Å²) < 4.78 is 41.2. The average molecular weight is 580 g/mol. The van der Waals surface area contributed by atoms with Gasteiger partial charge in [0, 0.05) is 42.3 Å². The molecule has 12 nitrogen and oxygen atoms in total. The topological polar surface area (TPSA) is 163 Å². The van der Waals surface area contributed by atoms with E-state index < -0.39 is 24.3 Å². The molecule has 218 valence electrons. The van der Waals surface area contributed by atoms with Crippen molar-refractivity contribution in [2.24, 2.45) is 0 Å². The Kier molecular flexibility index (Phi) is 9.80. The van der Waals surface area contributed by atoms with E-state index in [2.05, 4.69) is 25.9 Å². The predicted octanol–water partition coefficient (Wildman–Crippen LogP) is 3.90. The monoisotopic (exact) mass is 579 g/mol. The zero-order valence-corrected chi connectivity index (χ0v) is 22.5. The second kappa shape index (κ2) is 13.9. The number of hydrogen-bond acceptors (Lipinski definition) is 8. The third-order valence-corrected chi connectivity index (χ3v) is 6.09. The van der Waals surface area contributed by atoms with E-state index in [1.807, 2.05) is 13.0 Å². The number of fused-ring (bicyclic) bond motifs is 1. The molecule has 14 heteroatoms. The normalized spacial score (nSPS) is 10.7. The number of imidazole rings is 1. The third kappa shape index (κ3) is 6.88. The average Bonchev–Trinajstić information content (AvgIpc) is 3.42. The highest BCUT2D eigenvalue weighted by atomic mass is 19.2. The van der Waals surface area contributed by atoms with Crippen LogP contribution in [0.25, 0.3) is 16.9 Å². The van der Waals surface area contributed by atoms with Gasteiger partial charge in [0.15, 0.2) is 29.6 Å². The second-order valence-corrected chi connectivity index (χ2v) is 8.75. The Morgan fingerprint density at radius 1 is 1.10 bits per heavy atom. The van der Waals surface area contributed by atoms with E-state index in [4.69, 9.17) is 19.8 Å². The van der Waals surface area contributed by atoms with Gasteiger partial charge in [-0.2, -0.15) is 9.65 Å². The number of nitrogens with one attached hydrogen (secondary N) is 3. The van der Waals surface area contributed by atoms with Crippen LogP contribution >= 0.6 is 0 Å². The quantitative estimate of drug-likeness (QED) is 0.172. The summed E-state index contributed by atoms with van der Waals surface area (Å²) in [5, 5.41) is 25.3. The molecule has 0 fully saturated rings. The highest BCUT2D eigenvalue weighted by Crippen LogP contribution is 2.32. The van der Waals surface area contributed by atoms with Crippen LogP contribution in [-0.4, -0.2) is 64.4 Å². The first kappa shape index (κ1) is 29.7. The number of hydrogen-bond donors (Lipinski definition) is 4. The van der Waals surface area contributed by atoms with Crippen molar-refractivity contribution >= 4 is 29.2 Å². The molecule has 0 aliphatic heterocycles. The molecule has 4 rings (SSSR count). The molecule has 0 radical (unpaired) electrons. The van der Waals surface area contributed by atoms with Crippen LogP contribution in [0.4, 0.5) is 25.1 Å². The Hall–Kier alpha value is -5.29. The number of anilines is 2. The van der Waals surface area contributed by atoms with Crippen LogP contribution in [0.3, 0.4) is 0 Å². The Morgan fingerprint density at radius 3 is 2.62 bits per heavy atom. The summed E-state index contributed by atoms with van der Waals surface area (Å²) >= 11 is 0. The van der Waals surface area contributed by atoms with Crippen LogP contribution in [0.2, 0.25) is 0 Å². The van der Waals surface area contributed by atoms with Crippen molar-refractivity contribution in [3.05, 3.63) is 71.7 Å². The van der Waals surface area contributed by atoms with Crippen LogP contribution < -0.4 is 20.7 Å². The Balaban J connectivity index is 1.47. The molecular formula is C28H27F2N7O5. The van der Waals surface area contributed by atoms with Gasteiger partial charge in [0.1, 0.15) is 6.07 Å². The third-order valence-electron chi connectivity index (χ3n) is 6.09. The van der Waals surface area contributed by atoms with Crippen molar-refractivity contribution in [2.75, 3.05) is 38.2 Å². The molecule has 4 aromatic rings. The number of rotatable bonds is 13. The predicted molar refractivity (Wildman–Crippen MR) is 148 cm³/mol. The van der Waals surface area contributed by atoms with Gasteiger partial charge in [0.05, 0.1) is 25.1 Å². The number of aromatic nitrogens is 3. The number of nitrogens with zero attached hydrogens (tertiary/aromatic N) is 4. The summed E-state index contributed by atoms with van der Waals surface area (Å²) in [4.78, 5) is 31.8. The molecule has 4 N–H and O–H groups in total. The van der Waals surface area contributed by atoms with Crippen molar-refractivity contribution in [1.29, 1.82) is 5.26 Å². The van der Waals surface area contributed by atoms with E-state index in [-0.39, 0.29) is 49.2 Å².